The highest BCUT2D eigenvalue weighted by Gasteiger charge is 2.17. The lowest BCUT2D eigenvalue weighted by Crippen LogP contribution is -2.21. The Balaban J connectivity index is 1.69. The fourth-order valence-corrected chi connectivity index (χ4v) is 3.20. The first-order chi connectivity index (χ1) is 14.6. The first-order valence-corrected chi connectivity index (χ1v) is 9.43. The van der Waals surface area contributed by atoms with Crippen molar-refractivity contribution in [3.05, 3.63) is 72.4 Å². The number of nitrogens with one attached hydrogen (secondary N) is 2. The van der Waals surface area contributed by atoms with Gasteiger partial charge in [-0.1, -0.05) is 35.9 Å². The van der Waals surface area contributed by atoms with Gasteiger partial charge in [-0.15, -0.1) is 0 Å². The number of ether oxygens (including phenoxy) is 2. The third-order valence-electron chi connectivity index (χ3n) is 4.74. The van der Waals surface area contributed by atoms with Crippen LogP contribution >= 0.6 is 0 Å². The molecule has 0 atom stereocenters. The Labute approximate surface area is 174 Å². The van der Waals surface area contributed by atoms with Crippen molar-refractivity contribution < 1.29 is 14.3 Å². The van der Waals surface area contributed by atoms with Gasteiger partial charge in [0, 0.05) is 17.8 Å². The highest BCUT2D eigenvalue weighted by atomic mass is 16.5. The summed E-state index contributed by atoms with van der Waals surface area (Å²) in [5.41, 5.74) is 4.00. The zero-order valence-electron chi connectivity index (χ0n) is 17.0. The third-order valence-corrected chi connectivity index (χ3v) is 4.74. The van der Waals surface area contributed by atoms with Gasteiger partial charge in [0.1, 0.15) is 28.7 Å². The average molecular weight is 402 g/mol. The van der Waals surface area contributed by atoms with Crippen molar-refractivity contribution in [2.45, 2.75) is 6.92 Å². The summed E-state index contributed by atoms with van der Waals surface area (Å²) in [6.45, 7) is 2.03. The van der Waals surface area contributed by atoms with E-state index in [-0.39, 0.29) is 0 Å². The second kappa shape index (κ2) is 8.16. The number of anilines is 2. The number of aryl methyl sites for hydroxylation is 1. The predicted octanol–water partition coefficient (Wildman–Crippen LogP) is 4.97. The fraction of sp³-hybridized carbons (Fsp3) is 0.130. The van der Waals surface area contributed by atoms with E-state index >= 15 is 0 Å². The molecule has 0 saturated heterocycles. The second-order valence-electron chi connectivity index (χ2n) is 6.75. The van der Waals surface area contributed by atoms with Gasteiger partial charge in [0.15, 0.2) is 0 Å². The minimum absolute atomic E-state index is 0.416. The topological polar surface area (TPSA) is 76.9 Å². The summed E-state index contributed by atoms with van der Waals surface area (Å²) in [6, 6.07) is 18.5. The number of amides is 2. The maximum atomic E-state index is 12.9. The van der Waals surface area contributed by atoms with E-state index in [2.05, 4.69) is 10.6 Å². The quantitative estimate of drug-likeness (QED) is 0.494. The molecule has 2 amide bonds. The molecule has 0 saturated carbocycles. The van der Waals surface area contributed by atoms with Gasteiger partial charge < -0.3 is 14.8 Å². The first-order valence-electron chi connectivity index (χ1n) is 9.43. The van der Waals surface area contributed by atoms with E-state index < -0.39 is 6.03 Å². The summed E-state index contributed by atoms with van der Waals surface area (Å²) >= 11 is 0. The van der Waals surface area contributed by atoms with E-state index in [1.165, 1.54) is 0 Å². The molecule has 0 unspecified atom stereocenters. The molecular weight excluding hydrogens is 380 g/mol. The van der Waals surface area contributed by atoms with Crippen LogP contribution in [0.5, 0.6) is 11.5 Å². The van der Waals surface area contributed by atoms with E-state index in [0.29, 0.717) is 28.7 Å². The van der Waals surface area contributed by atoms with Gasteiger partial charge in [-0.2, -0.15) is 0 Å². The van der Waals surface area contributed by atoms with Gasteiger partial charge in [0.05, 0.1) is 19.9 Å². The number of carbonyl (C=O) groups excluding carboxylic acids is 1. The lowest BCUT2D eigenvalue weighted by Gasteiger charge is -2.13. The summed E-state index contributed by atoms with van der Waals surface area (Å²) in [7, 11) is 3.11. The maximum absolute atomic E-state index is 12.9. The van der Waals surface area contributed by atoms with E-state index in [4.69, 9.17) is 14.5 Å². The number of pyridine rings is 1. The molecule has 0 bridgehead atoms. The molecule has 2 aromatic carbocycles. The van der Waals surface area contributed by atoms with E-state index in [1.54, 1.807) is 32.4 Å². The number of hydrogen-bond donors (Lipinski definition) is 2. The number of rotatable bonds is 5. The molecule has 7 nitrogen and oxygen atoms in total. The highest BCUT2D eigenvalue weighted by Crippen LogP contribution is 2.31. The van der Waals surface area contributed by atoms with Crippen molar-refractivity contribution in [3.8, 4) is 22.8 Å². The molecule has 2 heterocycles. The number of hydrogen-bond acceptors (Lipinski definition) is 4. The van der Waals surface area contributed by atoms with Crippen molar-refractivity contribution in [3.63, 3.8) is 0 Å². The Morgan fingerprint density at radius 2 is 1.77 bits per heavy atom. The maximum Gasteiger partial charge on any atom is 0.324 e. The number of imidazole rings is 1. The Morgan fingerprint density at radius 3 is 2.50 bits per heavy atom. The van der Waals surface area contributed by atoms with Crippen LogP contribution in [-0.2, 0) is 0 Å². The zero-order chi connectivity index (χ0) is 21.1. The van der Waals surface area contributed by atoms with Gasteiger partial charge >= 0.3 is 6.03 Å². The molecule has 0 aliphatic heterocycles. The van der Waals surface area contributed by atoms with Gasteiger partial charge in [0.25, 0.3) is 0 Å². The molecule has 30 heavy (non-hydrogen) atoms. The van der Waals surface area contributed by atoms with Gasteiger partial charge in [-0.25, -0.2) is 9.78 Å². The predicted molar refractivity (Wildman–Crippen MR) is 118 cm³/mol. The Kier molecular flexibility index (Phi) is 5.26. The molecule has 2 N–H and O–H groups in total. The minimum atomic E-state index is -0.416. The molecule has 0 spiro atoms. The summed E-state index contributed by atoms with van der Waals surface area (Å²) in [6.07, 6.45) is 1.86. The number of fused-ring (bicyclic) bond motifs is 1. The Bertz CT molecular complexity index is 1200. The first kappa shape index (κ1) is 19.3. The van der Waals surface area contributed by atoms with Crippen molar-refractivity contribution in [2.24, 2.45) is 0 Å². The molecular formula is C23H22N4O3. The largest absolute Gasteiger partial charge is 0.497 e. The summed E-state index contributed by atoms with van der Waals surface area (Å²) in [5.74, 6) is 1.72. The number of benzene rings is 2. The van der Waals surface area contributed by atoms with Crippen LogP contribution in [0.1, 0.15) is 5.56 Å². The van der Waals surface area contributed by atoms with Gasteiger partial charge in [-0.3, -0.25) is 9.72 Å². The molecule has 4 aromatic rings. The van der Waals surface area contributed by atoms with Crippen LogP contribution in [0.15, 0.2) is 66.9 Å². The number of methoxy groups -OCH3 is 2. The second-order valence-corrected chi connectivity index (χ2v) is 6.75. The number of urea groups is 1. The van der Waals surface area contributed by atoms with E-state index in [0.717, 1.165) is 16.8 Å². The summed E-state index contributed by atoms with van der Waals surface area (Å²) < 4.78 is 12.4. The smallest absolute Gasteiger partial charge is 0.324 e. The van der Waals surface area contributed by atoms with Crippen LogP contribution in [0.3, 0.4) is 0 Å². The highest BCUT2D eigenvalue weighted by molar-refractivity contribution is 6.02. The van der Waals surface area contributed by atoms with Gasteiger partial charge in [0.2, 0.25) is 0 Å². The lowest BCUT2D eigenvalue weighted by atomic mass is 10.1. The molecule has 0 radical (unpaired) electrons. The molecule has 0 aliphatic carbocycles. The van der Waals surface area contributed by atoms with Crippen LogP contribution in [0.25, 0.3) is 16.9 Å². The van der Waals surface area contributed by atoms with Gasteiger partial charge in [-0.05, 0) is 31.2 Å². The van der Waals surface area contributed by atoms with Crippen LogP contribution in [-0.4, -0.2) is 29.6 Å². The SMILES string of the molecule is COc1ccc(OC)c(NC(=O)Nc2c(-c3ccc(C)cc3)nc3ccccn23)c1. The van der Waals surface area contributed by atoms with Crippen LogP contribution < -0.4 is 20.1 Å². The molecule has 2 aromatic heterocycles. The van der Waals surface area contributed by atoms with Crippen molar-refractivity contribution >= 4 is 23.2 Å². The molecule has 152 valence electrons. The van der Waals surface area contributed by atoms with E-state index in [1.807, 2.05) is 60.0 Å². The van der Waals surface area contributed by atoms with Crippen molar-refractivity contribution in [1.29, 1.82) is 0 Å². The Morgan fingerprint density at radius 1 is 0.967 bits per heavy atom. The zero-order valence-corrected chi connectivity index (χ0v) is 17.0. The van der Waals surface area contributed by atoms with Crippen LogP contribution in [0, 0.1) is 6.92 Å². The van der Waals surface area contributed by atoms with Crippen LogP contribution in [0.4, 0.5) is 16.3 Å². The summed E-state index contributed by atoms with van der Waals surface area (Å²) in [4.78, 5) is 17.6. The van der Waals surface area contributed by atoms with Crippen molar-refractivity contribution in [1.82, 2.24) is 9.38 Å². The van der Waals surface area contributed by atoms with Crippen molar-refractivity contribution in [2.75, 3.05) is 24.9 Å². The third kappa shape index (κ3) is 3.77. The number of nitrogens with zero attached hydrogens (tertiary/aromatic N) is 2. The fourth-order valence-electron chi connectivity index (χ4n) is 3.20. The average Bonchev–Trinajstić information content (AvgIpc) is 3.12. The van der Waals surface area contributed by atoms with Crippen LogP contribution in [0.2, 0.25) is 0 Å². The molecule has 0 aliphatic rings. The van der Waals surface area contributed by atoms with E-state index in [9.17, 15) is 4.79 Å². The Hall–Kier alpha value is -4.00. The number of carbonyl (C=O) groups is 1. The monoisotopic (exact) mass is 402 g/mol. The lowest BCUT2D eigenvalue weighted by molar-refractivity contribution is 0.262. The number of aromatic nitrogens is 2. The molecule has 0 fully saturated rings. The molecule has 4 rings (SSSR count). The summed E-state index contributed by atoms with van der Waals surface area (Å²) in [5, 5.41) is 5.77. The standard InChI is InChI=1S/C23H22N4O3/c1-15-7-9-16(10-8-15)21-22(27-13-5-4-6-20(27)25-21)26-23(28)24-18-14-17(29-2)11-12-19(18)30-3/h4-14H,1-3H3,(H2,24,26,28). The minimum Gasteiger partial charge on any atom is -0.497 e. The normalized spacial score (nSPS) is 10.6. The molecule has 7 heteroatoms.